The van der Waals surface area contributed by atoms with Crippen molar-refractivity contribution in [2.75, 3.05) is 0 Å². The van der Waals surface area contributed by atoms with Gasteiger partial charge in [-0.05, 0) is 41.8 Å². The van der Waals surface area contributed by atoms with Gasteiger partial charge in [0, 0.05) is 10.9 Å². The van der Waals surface area contributed by atoms with Gasteiger partial charge in [0.15, 0.2) is 0 Å². The van der Waals surface area contributed by atoms with E-state index in [1.807, 2.05) is 0 Å². The van der Waals surface area contributed by atoms with Crippen molar-refractivity contribution in [3.8, 4) is 5.75 Å². The number of fused-ring (bicyclic) bond motifs is 1. The van der Waals surface area contributed by atoms with Crippen molar-refractivity contribution >= 4 is 30.9 Å². The zero-order valence-corrected chi connectivity index (χ0v) is 19.9. The number of nitrogens with zero attached hydrogens (tertiary/aromatic N) is 2. The molecule has 12 heteroatoms. The molecule has 186 valence electrons. The zero-order chi connectivity index (χ0) is 26.0. The molecule has 0 aliphatic carbocycles. The van der Waals surface area contributed by atoms with E-state index in [0.717, 1.165) is 12.1 Å². The normalized spacial score (nSPS) is 12.8. The van der Waals surface area contributed by atoms with Crippen LogP contribution in [0.25, 0.3) is 10.8 Å². The lowest BCUT2D eigenvalue weighted by molar-refractivity contribution is -0.137. The summed E-state index contributed by atoms with van der Waals surface area (Å²) in [6.07, 6.45) is -4.62. The first-order valence-electron chi connectivity index (χ1n) is 10.3. The zero-order valence-electron chi connectivity index (χ0n) is 18.3. The van der Waals surface area contributed by atoms with Gasteiger partial charge in [-0.1, -0.05) is 59.1 Å². The topological polar surface area (TPSA) is 102 Å². The molecule has 0 aliphatic rings. The van der Waals surface area contributed by atoms with E-state index in [-0.39, 0.29) is 22.8 Å². The van der Waals surface area contributed by atoms with Crippen LogP contribution in [0.4, 0.5) is 13.2 Å². The molecule has 0 aliphatic heterocycles. The molecule has 0 bridgehead atoms. The molecule has 0 fully saturated rings. The van der Waals surface area contributed by atoms with Gasteiger partial charge in [-0.3, -0.25) is 0 Å². The van der Waals surface area contributed by atoms with Crippen molar-refractivity contribution in [1.82, 2.24) is 0 Å². The van der Waals surface area contributed by atoms with E-state index in [4.69, 9.17) is 4.18 Å². The molecule has 0 radical (unpaired) electrons. The van der Waals surface area contributed by atoms with Crippen molar-refractivity contribution in [2.45, 2.75) is 22.5 Å². The summed E-state index contributed by atoms with van der Waals surface area (Å²) >= 11 is 0. The van der Waals surface area contributed by atoms with E-state index in [0.29, 0.717) is 22.9 Å². The highest BCUT2D eigenvalue weighted by atomic mass is 32.2. The minimum Gasteiger partial charge on any atom is -0.379 e. The molecule has 0 spiro atoms. The Morgan fingerprint density at radius 2 is 1.39 bits per heavy atom. The quantitative estimate of drug-likeness (QED) is 0.215. The number of sulfonamides is 1. The predicted octanol–water partition coefficient (Wildman–Crippen LogP) is 5.97. The molecule has 4 aromatic rings. The molecular formula is C24H17F3N2O5S2. The highest BCUT2D eigenvalue weighted by Gasteiger charge is 2.31. The van der Waals surface area contributed by atoms with Crippen LogP contribution in [0.15, 0.2) is 110 Å². The second-order valence-corrected chi connectivity index (χ2v) is 10.6. The van der Waals surface area contributed by atoms with Gasteiger partial charge in [-0.15, -0.1) is 0 Å². The van der Waals surface area contributed by atoms with Crippen LogP contribution in [0.5, 0.6) is 5.75 Å². The number of para-hydroxylation sites is 1. The molecule has 36 heavy (non-hydrogen) atoms. The van der Waals surface area contributed by atoms with E-state index >= 15 is 0 Å². The summed E-state index contributed by atoms with van der Waals surface area (Å²) in [7, 11) is -8.63. The highest BCUT2D eigenvalue weighted by Crippen LogP contribution is 2.31. The van der Waals surface area contributed by atoms with E-state index < -0.39 is 36.8 Å². The first-order chi connectivity index (χ1) is 17.0. The van der Waals surface area contributed by atoms with Crippen molar-refractivity contribution < 1.29 is 34.2 Å². The van der Waals surface area contributed by atoms with Crippen LogP contribution in [0.2, 0.25) is 0 Å². The van der Waals surface area contributed by atoms with Crippen LogP contribution in [0.1, 0.15) is 11.1 Å². The number of halogens is 3. The Morgan fingerprint density at radius 1 is 0.750 bits per heavy atom. The number of alkyl halides is 3. The standard InChI is InChI=1S/C24H17F3N2O5S2/c25-24(26,27)19-12-14-20(15-13-19)36(32,33)34-22-10-4-2-7-18(22)16-28-29-35(30,31)23-11-5-8-17-6-1-3-9-21(17)23/h1-15H,16H2. The molecule has 0 atom stereocenters. The first kappa shape index (κ1) is 25.3. The molecule has 4 rings (SSSR count). The van der Waals surface area contributed by atoms with E-state index in [2.05, 4.69) is 9.63 Å². The third-order valence-corrected chi connectivity index (χ3v) is 7.57. The Kier molecular flexibility index (Phi) is 6.83. The largest absolute Gasteiger partial charge is 0.416 e. The number of hydrogen-bond donors (Lipinski definition) is 0. The van der Waals surface area contributed by atoms with Crippen LogP contribution in [-0.4, -0.2) is 16.8 Å². The van der Waals surface area contributed by atoms with Gasteiger partial charge in [-0.25, -0.2) is 0 Å². The Balaban J connectivity index is 1.55. The lowest BCUT2D eigenvalue weighted by Crippen LogP contribution is -2.12. The summed E-state index contributed by atoms with van der Waals surface area (Å²) in [4.78, 5) is -0.510. The summed E-state index contributed by atoms with van der Waals surface area (Å²) in [5.74, 6) is -0.168. The van der Waals surface area contributed by atoms with Crippen LogP contribution < -0.4 is 4.18 Å². The van der Waals surface area contributed by atoms with E-state index in [1.165, 1.54) is 24.3 Å². The van der Waals surface area contributed by atoms with Crippen molar-refractivity contribution in [3.05, 3.63) is 102 Å². The van der Waals surface area contributed by atoms with Gasteiger partial charge in [0.25, 0.3) is 10.0 Å². The van der Waals surface area contributed by atoms with Crippen molar-refractivity contribution in [2.24, 2.45) is 9.63 Å². The Bertz CT molecular complexity index is 1650. The Hall–Kier alpha value is -3.77. The van der Waals surface area contributed by atoms with Crippen molar-refractivity contribution in [3.63, 3.8) is 0 Å². The van der Waals surface area contributed by atoms with Gasteiger partial charge >= 0.3 is 16.3 Å². The maximum absolute atomic E-state index is 12.8. The molecule has 0 heterocycles. The molecule has 0 amide bonds. The monoisotopic (exact) mass is 534 g/mol. The fourth-order valence-electron chi connectivity index (χ4n) is 3.34. The molecule has 0 aromatic heterocycles. The number of benzene rings is 4. The predicted molar refractivity (Wildman–Crippen MR) is 125 cm³/mol. The number of hydrogen-bond acceptors (Lipinski definition) is 6. The van der Waals surface area contributed by atoms with Gasteiger partial charge in [0.05, 0.1) is 17.0 Å². The average molecular weight is 535 g/mol. The minimum absolute atomic E-state index is 0.0289. The van der Waals surface area contributed by atoms with Crippen molar-refractivity contribution in [1.29, 1.82) is 0 Å². The fraction of sp³-hybridized carbons (Fsp3) is 0.0833. The molecule has 0 N–H and O–H groups in total. The SMILES string of the molecule is O=S(=O)(N=NCc1ccccc1OS(=O)(=O)c1ccc(C(F)(F)F)cc1)c1cccc2ccccc12. The van der Waals surface area contributed by atoms with Crippen LogP contribution in [-0.2, 0) is 32.9 Å². The van der Waals surface area contributed by atoms with Crippen LogP contribution >= 0.6 is 0 Å². The second-order valence-electron chi connectivity index (χ2n) is 7.50. The fourth-order valence-corrected chi connectivity index (χ4v) is 5.31. The summed E-state index contributed by atoms with van der Waals surface area (Å²) in [5, 5.41) is 4.92. The molecule has 4 aromatic carbocycles. The summed E-state index contributed by atoms with van der Waals surface area (Å²) in [6, 6.07) is 20.3. The van der Waals surface area contributed by atoms with Gasteiger partial charge < -0.3 is 4.18 Å². The first-order valence-corrected chi connectivity index (χ1v) is 13.1. The second kappa shape index (κ2) is 9.70. The molecule has 0 saturated carbocycles. The summed E-state index contributed by atoms with van der Waals surface area (Å²) in [6.45, 7) is -0.331. The van der Waals surface area contributed by atoms with Crippen LogP contribution in [0, 0.1) is 0 Å². The molecule has 7 nitrogen and oxygen atoms in total. The van der Waals surface area contributed by atoms with Gasteiger partial charge in [0.2, 0.25) is 0 Å². The maximum Gasteiger partial charge on any atom is 0.416 e. The smallest absolute Gasteiger partial charge is 0.379 e. The molecule has 0 unspecified atom stereocenters. The third kappa shape index (κ3) is 5.55. The number of rotatable bonds is 7. The molecule has 0 saturated heterocycles. The lowest BCUT2D eigenvalue weighted by atomic mass is 10.1. The van der Waals surface area contributed by atoms with Crippen LogP contribution in [0.3, 0.4) is 0 Å². The Labute approximate surface area is 205 Å². The average Bonchev–Trinajstić information content (AvgIpc) is 2.84. The van der Waals surface area contributed by atoms with Gasteiger partial charge in [0.1, 0.15) is 10.6 Å². The van der Waals surface area contributed by atoms with E-state index in [9.17, 15) is 30.0 Å². The van der Waals surface area contributed by atoms with Gasteiger partial charge in [-0.2, -0.15) is 35.1 Å². The maximum atomic E-state index is 12.8. The lowest BCUT2D eigenvalue weighted by Gasteiger charge is -2.11. The summed E-state index contributed by atoms with van der Waals surface area (Å²) < 4.78 is 97.6. The highest BCUT2D eigenvalue weighted by molar-refractivity contribution is 7.90. The summed E-state index contributed by atoms with van der Waals surface area (Å²) in [5.41, 5.74) is -0.806. The minimum atomic E-state index is -4.62. The Morgan fingerprint density at radius 3 is 2.11 bits per heavy atom. The third-order valence-electron chi connectivity index (χ3n) is 5.08. The van der Waals surface area contributed by atoms with E-state index in [1.54, 1.807) is 42.5 Å². The molecular weight excluding hydrogens is 517 g/mol.